The SMILES string of the molecule is N#Cc1ccc2ccn(CCOc3ccc(Cl)cc3)c2c1. The summed E-state index contributed by atoms with van der Waals surface area (Å²) in [7, 11) is 0. The molecule has 1 aromatic heterocycles. The number of ether oxygens (including phenoxy) is 1. The van der Waals surface area contributed by atoms with Crippen molar-refractivity contribution in [2.24, 2.45) is 0 Å². The molecule has 0 saturated heterocycles. The Bertz CT molecular complexity index is 800. The normalized spacial score (nSPS) is 10.5. The van der Waals surface area contributed by atoms with Crippen LogP contribution in [0.15, 0.2) is 54.7 Å². The zero-order valence-corrected chi connectivity index (χ0v) is 12.0. The number of rotatable bonds is 4. The third-order valence-electron chi connectivity index (χ3n) is 3.32. The fraction of sp³-hybridized carbons (Fsp3) is 0.118. The van der Waals surface area contributed by atoms with Gasteiger partial charge in [-0.3, -0.25) is 0 Å². The third kappa shape index (κ3) is 3.01. The van der Waals surface area contributed by atoms with Gasteiger partial charge in [-0.2, -0.15) is 5.26 Å². The van der Waals surface area contributed by atoms with Gasteiger partial charge in [0.25, 0.3) is 0 Å². The van der Waals surface area contributed by atoms with Crippen LogP contribution in [0.5, 0.6) is 5.75 Å². The van der Waals surface area contributed by atoms with Gasteiger partial charge in [-0.05, 0) is 47.9 Å². The maximum Gasteiger partial charge on any atom is 0.119 e. The molecule has 0 aliphatic carbocycles. The summed E-state index contributed by atoms with van der Waals surface area (Å²) in [6.07, 6.45) is 2.01. The van der Waals surface area contributed by atoms with E-state index in [0.717, 1.165) is 23.2 Å². The monoisotopic (exact) mass is 296 g/mol. The van der Waals surface area contributed by atoms with Crippen molar-refractivity contribution in [3.05, 3.63) is 65.3 Å². The first-order valence-electron chi connectivity index (χ1n) is 6.63. The van der Waals surface area contributed by atoms with Gasteiger partial charge in [-0.25, -0.2) is 0 Å². The number of hydrogen-bond acceptors (Lipinski definition) is 2. The predicted molar refractivity (Wildman–Crippen MR) is 83.6 cm³/mol. The minimum atomic E-state index is 0.558. The Hall–Kier alpha value is -2.44. The van der Waals surface area contributed by atoms with E-state index in [1.165, 1.54) is 0 Å². The summed E-state index contributed by atoms with van der Waals surface area (Å²) in [6.45, 7) is 1.28. The summed E-state index contributed by atoms with van der Waals surface area (Å²) < 4.78 is 7.78. The Morgan fingerprint density at radius 1 is 1.10 bits per heavy atom. The second kappa shape index (κ2) is 5.90. The van der Waals surface area contributed by atoms with Gasteiger partial charge in [0.2, 0.25) is 0 Å². The molecule has 0 N–H and O–H groups in total. The molecule has 3 nitrogen and oxygen atoms in total. The largest absolute Gasteiger partial charge is 0.492 e. The van der Waals surface area contributed by atoms with Crippen molar-refractivity contribution in [3.63, 3.8) is 0 Å². The highest BCUT2D eigenvalue weighted by Gasteiger charge is 2.03. The van der Waals surface area contributed by atoms with E-state index in [1.54, 1.807) is 12.1 Å². The molecule has 0 spiro atoms. The molecule has 0 aliphatic heterocycles. The smallest absolute Gasteiger partial charge is 0.119 e. The van der Waals surface area contributed by atoms with E-state index in [-0.39, 0.29) is 0 Å². The Morgan fingerprint density at radius 2 is 1.90 bits per heavy atom. The van der Waals surface area contributed by atoms with Crippen molar-refractivity contribution in [1.82, 2.24) is 4.57 Å². The lowest BCUT2D eigenvalue weighted by molar-refractivity contribution is 0.300. The topological polar surface area (TPSA) is 38.0 Å². The number of aromatic nitrogens is 1. The van der Waals surface area contributed by atoms with Gasteiger partial charge in [0.15, 0.2) is 0 Å². The highest BCUT2D eigenvalue weighted by molar-refractivity contribution is 6.30. The maximum atomic E-state index is 8.98. The van der Waals surface area contributed by atoms with E-state index in [2.05, 4.69) is 10.6 Å². The Labute approximate surface area is 127 Å². The Kier molecular flexibility index (Phi) is 3.81. The van der Waals surface area contributed by atoms with Crippen molar-refractivity contribution in [1.29, 1.82) is 5.26 Å². The van der Waals surface area contributed by atoms with Crippen LogP contribution < -0.4 is 4.74 Å². The molecule has 0 fully saturated rings. The molecule has 2 aromatic carbocycles. The van der Waals surface area contributed by atoms with Gasteiger partial charge >= 0.3 is 0 Å². The molecule has 0 aliphatic rings. The molecule has 21 heavy (non-hydrogen) atoms. The second-order valence-corrected chi connectivity index (χ2v) is 5.13. The van der Waals surface area contributed by atoms with Crippen LogP contribution in [-0.2, 0) is 6.54 Å². The van der Waals surface area contributed by atoms with E-state index in [1.807, 2.05) is 42.6 Å². The molecule has 3 rings (SSSR count). The first-order chi connectivity index (χ1) is 10.3. The molecular weight excluding hydrogens is 284 g/mol. The van der Waals surface area contributed by atoms with Crippen molar-refractivity contribution >= 4 is 22.5 Å². The minimum Gasteiger partial charge on any atom is -0.492 e. The number of benzene rings is 2. The summed E-state index contributed by atoms with van der Waals surface area (Å²) in [5.74, 6) is 0.800. The fourth-order valence-electron chi connectivity index (χ4n) is 2.24. The number of fused-ring (bicyclic) bond motifs is 1. The molecule has 0 radical (unpaired) electrons. The van der Waals surface area contributed by atoms with E-state index in [0.29, 0.717) is 17.2 Å². The molecule has 3 aromatic rings. The summed E-state index contributed by atoms with van der Waals surface area (Å²) >= 11 is 5.83. The van der Waals surface area contributed by atoms with E-state index >= 15 is 0 Å². The number of halogens is 1. The van der Waals surface area contributed by atoms with Crippen molar-refractivity contribution < 1.29 is 4.74 Å². The van der Waals surface area contributed by atoms with Crippen LogP contribution in [0.25, 0.3) is 10.9 Å². The van der Waals surface area contributed by atoms with Crippen LogP contribution in [0.1, 0.15) is 5.56 Å². The lowest BCUT2D eigenvalue weighted by atomic mass is 10.2. The quantitative estimate of drug-likeness (QED) is 0.722. The lowest BCUT2D eigenvalue weighted by Crippen LogP contribution is -2.07. The lowest BCUT2D eigenvalue weighted by Gasteiger charge is -2.08. The maximum absolute atomic E-state index is 8.98. The van der Waals surface area contributed by atoms with Crippen LogP contribution in [0.3, 0.4) is 0 Å². The Morgan fingerprint density at radius 3 is 2.67 bits per heavy atom. The number of nitriles is 1. The first kappa shape index (κ1) is 13.5. The summed E-state index contributed by atoms with van der Waals surface area (Å²) in [5, 5.41) is 10.8. The summed E-state index contributed by atoms with van der Waals surface area (Å²) in [5.41, 5.74) is 1.72. The molecule has 1 heterocycles. The van der Waals surface area contributed by atoms with Gasteiger partial charge in [0, 0.05) is 16.7 Å². The van der Waals surface area contributed by atoms with Crippen LogP contribution >= 0.6 is 11.6 Å². The third-order valence-corrected chi connectivity index (χ3v) is 3.57. The van der Waals surface area contributed by atoms with Gasteiger partial charge in [0.1, 0.15) is 12.4 Å². The van der Waals surface area contributed by atoms with Gasteiger partial charge in [-0.15, -0.1) is 0 Å². The molecular formula is C17H13ClN2O. The van der Waals surface area contributed by atoms with Crippen molar-refractivity contribution in [2.75, 3.05) is 6.61 Å². The summed E-state index contributed by atoms with van der Waals surface area (Å²) in [6, 6.07) is 17.2. The molecule has 4 heteroatoms. The van der Waals surface area contributed by atoms with Crippen molar-refractivity contribution in [3.8, 4) is 11.8 Å². The van der Waals surface area contributed by atoms with Crippen LogP contribution in [0.4, 0.5) is 0 Å². The number of nitrogens with zero attached hydrogens (tertiary/aromatic N) is 2. The predicted octanol–water partition coefficient (Wildman–Crippen LogP) is 4.25. The van der Waals surface area contributed by atoms with E-state index in [4.69, 9.17) is 21.6 Å². The zero-order valence-electron chi connectivity index (χ0n) is 11.3. The molecule has 0 unspecified atom stereocenters. The van der Waals surface area contributed by atoms with Gasteiger partial charge < -0.3 is 9.30 Å². The fourth-order valence-corrected chi connectivity index (χ4v) is 2.37. The molecule has 0 bridgehead atoms. The average molecular weight is 297 g/mol. The molecule has 0 amide bonds. The van der Waals surface area contributed by atoms with Crippen molar-refractivity contribution in [2.45, 2.75) is 6.54 Å². The second-order valence-electron chi connectivity index (χ2n) is 4.70. The van der Waals surface area contributed by atoms with Crippen LogP contribution in [0.2, 0.25) is 5.02 Å². The highest BCUT2D eigenvalue weighted by atomic mass is 35.5. The Balaban J connectivity index is 1.70. The average Bonchev–Trinajstić information content (AvgIpc) is 2.91. The first-order valence-corrected chi connectivity index (χ1v) is 7.01. The zero-order chi connectivity index (χ0) is 14.7. The minimum absolute atomic E-state index is 0.558. The van der Waals surface area contributed by atoms with Gasteiger partial charge in [0.05, 0.1) is 18.2 Å². The van der Waals surface area contributed by atoms with E-state index < -0.39 is 0 Å². The van der Waals surface area contributed by atoms with Crippen LogP contribution in [0, 0.1) is 11.3 Å². The molecule has 0 atom stereocenters. The summed E-state index contributed by atoms with van der Waals surface area (Å²) in [4.78, 5) is 0. The van der Waals surface area contributed by atoms with Crippen LogP contribution in [-0.4, -0.2) is 11.2 Å². The number of hydrogen-bond donors (Lipinski definition) is 0. The van der Waals surface area contributed by atoms with E-state index in [9.17, 15) is 0 Å². The standard InChI is InChI=1S/C17H13ClN2O/c18-15-3-5-16(6-4-15)21-10-9-20-8-7-14-2-1-13(12-19)11-17(14)20/h1-8,11H,9-10H2. The van der Waals surface area contributed by atoms with Gasteiger partial charge in [-0.1, -0.05) is 17.7 Å². The highest BCUT2D eigenvalue weighted by Crippen LogP contribution is 2.18. The molecule has 0 saturated carbocycles. The molecule has 104 valence electrons.